The average Bonchev–Trinajstić information content (AvgIpc) is 4.03. The molecule has 4 atom stereocenters. The van der Waals surface area contributed by atoms with Gasteiger partial charge in [0.1, 0.15) is 26.4 Å². The lowest BCUT2D eigenvalue weighted by Gasteiger charge is -2.22. The zero-order valence-electron chi connectivity index (χ0n) is 29.0. The van der Waals surface area contributed by atoms with Crippen LogP contribution in [-0.4, -0.2) is 102 Å². The van der Waals surface area contributed by atoms with Crippen LogP contribution in [0, 0.1) is 22.7 Å². The lowest BCUT2D eigenvalue weighted by Crippen LogP contribution is -2.37. The van der Waals surface area contributed by atoms with Crippen LogP contribution in [-0.2, 0) is 52.3 Å². The molecule has 2 N–H and O–H groups in total. The molecule has 3 aliphatic carbocycles. The number of carbonyl (C=O) groups is 6. The fourth-order valence-electron chi connectivity index (χ4n) is 5.92. The Labute approximate surface area is 293 Å². The van der Waals surface area contributed by atoms with E-state index in [1.54, 1.807) is 13.0 Å². The summed E-state index contributed by atoms with van der Waals surface area (Å²) in [6, 6.07) is 0.106. The first-order valence-corrected chi connectivity index (χ1v) is 17.5. The second kappa shape index (κ2) is 20.5. The normalized spacial score (nSPS) is 23.7. The van der Waals surface area contributed by atoms with Crippen LogP contribution in [0.2, 0.25) is 0 Å². The molecule has 3 rings (SSSR count). The van der Waals surface area contributed by atoms with Gasteiger partial charge in [-0.15, -0.1) is 13.2 Å². The summed E-state index contributed by atoms with van der Waals surface area (Å²) in [5.74, 6) is -3.37. The molecule has 0 saturated heterocycles. The number of allylic oxidation sites excluding steroid dienone is 2. The fraction of sp³-hybridized carbons (Fsp3) is 0.714. The van der Waals surface area contributed by atoms with Gasteiger partial charge in [-0.05, 0) is 51.9 Å². The van der Waals surface area contributed by atoms with E-state index in [1.165, 1.54) is 12.5 Å². The third-order valence-corrected chi connectivity index (χ3v) is 9.05. The summed E-state index contributed by atoms with van der Waals surface area (Å²) < 4.78 is 36.3. The molecule has 3 fully saturated rings. The summed E-state index contributed by atoms with van der Waals surface area (Å²) in [6.07, 6.45) is 9.38. The maximum atomic E-state index is 12.8. The van der Waals surface area contributed by atoms with Crippen molar-refractivity contribution in [2.45, 2.75) is 77.2 Å². The molecular formula is C35H52N2O13. The van der Waals surface area contributed by atoms with Crippen molar-refractivity contribution < 1.29 is 61.9 Å². The van der Waals surface area contributed by atoms with Gasteiger partial charge < -0.3 is 43.8 Å². The van der Waals surface area contributed by atoms with Crippen LogP contribution in [0.3, 0.4) is 0 Å². The summed E-state index contributed by atoms with van der Waals surface area (Å²) in [5, 5.41) is 5.43. The van der Waals surface area contributed by atoms with E-state index in [4.69, 9.17) is 33.2 Å². The van der Waals surface area contributed by atoms with Gasteiger partial charge in [-0.3, -0.25) is 19.2 Å². The number of carbonyl (C=O) groups excluding carboxylic acids is 6. The van der Waals surface area contributed by atoms with E-state index in [0.29, 0.717) is 32.2 Å². The van der Waals surface area contributed by atoms with Crippen molar-refractivity contribution in [3.05, 3.63) is 25.3 Å². The molecular weight excluding hydrogens is 656 g/mol. The molecule has 0 aromatic carbocycles. The summed E-state index contributed by atoms with van der Waals surface area (Å²) in [5.41, 5.74) is -2.75. The second-order valence-electron chi connectivity index (χ2n) is 12.5. The maximum absolute atomic E-state index is 12.8. The molecule has 280 valence electrons. The Bertz CT molecular complexity index is 1200. The minimum Gasteiger partial charge on any atom is -0.465 e. The number of alkyl carbamates (subject to hydrolysis) is 2. The Balaban J connectivity index is 1.17. The maximum Gasteiger partial charge on any atom is 0.407 e. The molecule has 3 saturated carbocycles. The molecule has 0 aromatic heterocycles. The van der Waals surface area contributed by atoms with Crippen LogP contribution in [0.4, 0.5) is 9.59 Å². The van der Waals surface area contributed by atoms with Crippen molar-refractivity contribution in [1.82, 2.24) is 10.6 Å². The predicted molar refractivity (Wildman–Crippen MR) is 176 cm³/mol. The van der Waals surface area contributed by atoms with Gasteiger partial charge in [0.2, 0.25) is 0 Å². The van der Waals surface area contributed by atoms with Crippen LogP contribution in [0.5, 0.6) is 0 Å². The van der Waals surface area contributed by atoms with Crippen LogP contribution >= 0.6 is 0 Å². The largest absolute Gasteiger partial charge is 0.465 e. The van der Waals surface area contributed by atoms with Crippen LogP contribution < -0.4 is 10.6 Å². The predicted octanol–water partition coefficient (Wildman–Crippen LogP) is 3.54. The first-order valence-electron chi connectivity index (χ1n) is 17.5. The number of hydrogen-bond acceptors (Lipinski definition) is 13. The summed E-state index contributed by atoms with van der Waals surface area (Å²) in [7, 11) is 0. The Hall–Kier alpha value is -4.14. The zero-order chi connectivity index (χ0) is 36.4. The van der Waals surface area contributed by atoms with E-state index >= 15 is 0 Å². The molecule has 4 unspecified atom stereocenters. The lowest BCUT2D eigenvalue weighted by atomic mass is 9.96. The molecule has 0 bridgehead atoms. The topological polar surface area (TPSA) is 191 Å². The van der Waals surface area contributed by atoms with Gasteiger partial charge in [0.25, 0.3) is 0 Å². The minimum atomic E-state index is -1.43. The van der Waals surface area contributed by atoms with Gasteiger partial charge in [0.15, 0.2) is 10.8 Å². The molecule has 3 aliphatic rings. The number of hydrogen-bond donors (Lipinski definition) is 2. The monoisotopic (exact) mass is 708 g/mol. The fourth-order valence-corrected chi connectivity index (χ4v) is 5.92. The van der Waals surface area contributed by atoms with E-state index in [0.717, 1.165) is 25.7 Å². The Kier molecular flexibility index (Phi) is 16.5. The summed E-state index contributed by atoms with van der Waals surface area (Å²) >= 11 is 0. The molecule has 15 nitrogen and oxygen atoms in total. The molecule has 0 heterocycles. The highest BCUT2D eigenvalue weighted by atomic mass is 16.6. The first kappa shape index (κ1) is 40.3. The Morgan fingerprint density at radius 2 is 1.12 bits per heavy atom. The van der Waals surface area contributed by atoms with E-state index in [-0.39, 0.29) is 77.2 Å². The van der Waals surface area contributed by atoms with Gasteiger partial charge in [-0.1, -0.05) is 31.4 Å². The van der Waals surface area contributed by atoms with Gasteiger partial charge >= 0.3 is 36.1 Å². The lowest BCUT2D eigenvalue weighted by molar-refractivity contribution is -0.167. The smallest absolute Gasteiger partial charge is 0.407 e. The van der Waals surface area contributed by atoms with E-state index < -0.39 is 46.9 Å². The molecule has 0 aliphatic heterocycles. The molecule has 0 radical (unpaired) electrons. The SMILES string of the molecule is C=CC1CC1(C(=O)OCC)C(=O)OCCOCCOC(=O)NCCCCCOC(=O)C1(C(=O)OCCOC(=O)NC2CCCCC2)CC1C=C. The number of ether oxygens (including phenoxy) is 7. The van der Waals surface area contributed by atoms with Gasteiger partial charge in [-0.25, -0.2) is 9.59 Å². The van der Waals surface area contributed by atoms with E-state index in [2.05, 4.69) is 23.8 Å². The van der Waals surface area contributed by atoms with Gasteiger partial charge in [0, 0.05) is 24.4 Å². The molecule has 0 aromatic rings. The Morgan fingerprint density at radius 1 is 0.620 bits per heavy atom. The third-order valence-electron chi connectivity index (χ3n) is 9.05. The van der Waals surface area contributed by atoms with E-state index in [9.17, 15) is 28.8 Å². The van der Waals surface area contributed by atoms with Crippen molar-refractivity contribution >= 4 is 36.1 Å². The quantitative estimate of drug-likeness (QED) is 0.0516. The number of rotatable bonds is 23. The second-order valence-corrected chi connectivity index (χ2v) is 12.5. The van der Waals surface area contributed by atoms with Crippen molar-refractivity contribution in [2.24, 2.45) is 22.7 Å². The molecule has 15 heteroatoms. The number of esters is 4. The standard InChI is InChI=1S/C35H52N2O13/c1-4-25-23-34(25,28(38)45-6-3)30(40)47-19-17-44-18-20-49-32(42)36-15-11-8-12-16-46-29(39)35(24-26(35)5-2)31(41)48-21-22-50-33(43)37-27-13-9-7-10-14-27/h4-5,25-27H,1-2,6-24H2,3H3,(H,36,42)(H,37,43). The van der Waals surface area contributed by atoms with Crippen LogP contribution in [0.15, 0.2) is 25.3 Å². The third kappa shape index (κ3) is 11.5. The van der Waals surface area contributed by atoms with Crippen molar-refractivity contribution in [1.29, 1.82) is 0 Å². The first-order chi connectivity index (χ1) is 24.1. The van der Waals surface area contributed by atoms with Crippen molar-refractivity contribution in [3.8, 4) is 0 Å². The highest BCUT2D eigenvalue weighted by Gasteiger charge is 2.67. The molecule has 50 heavy (non-hydrogen) atoms. The Morgan fingerprint density at radius 3 is 1.68 bits per heavy atom. The van der Waals surface area contributed by atoms with Gasteiger partial charge in [0.05, 0.1) is 26.4 Å². The number of nitrogens with one attached hydrogen (secondary N) is 2. The van der Waals surface area contributed by atoms with E-state index in [1.807, 2.05) is 0 Å². The minimum absolute atomic E-state index is 0.0142. The van der Waals surface area contributed by atoms with Crippen LogP contribution in [0.25, 0.3) is 0 Å². The number of amides is 2. The highest BCUT2D eigenvalue weighted by Crippen LogP contribution is 2.56. The molecule has 0 spiro atoms. The van der Waals surface area contributed by atoms with Crippen molar-refractivity contribution in [2.75, 3.05) is 59.4 Å². The molecule has 2 amide bonds. The average molecular weight is 709 g/mol. The number of unbranched alkanes of at least 4 members (excludes halogenated alkanes) is 2. The summed E-state index contributed by atoms with van der Waals surface area (Å²) in [6.45, 7) is 9.35. The van der Waals surface area contributed by atoms with Crippen molar-refractivity contribution in [3.63, 3.8) is 0 Å². The summed E-state index contributed by atoms with van der Waals surface area (Å²) in [4.78, 5) is 74.1. The highest BCUT2D eigenvalue weighted by molar-refractivity contribution is 6.05. The van der Waals surface area contributed by atoms with Crippen LogP contribution in [0.1, 0.15) is 71.1 Å². The van der Waals surface area contributed by atoms with Gasteiger partial charge in [-0.2, -0.15) is 0 Å². The zero-order valence-corrected chi connectivity index (χ0v) is 29.0.